The molecule has 1 unspecified atom stereocenters. The second-order valence-electron chi connectivity index (χ2n) is 4.42. The molecule has 0 bridgehead atoms. The van der Waals surface area contributed by atoms with Crippen LogP contribution in [0.1, 0.15) is 30.6 Å². The van der Waals surface area contributed by atoms with Gasteiger partial charge in [-0.05, 0) is 32.4 Å². The van der Waals surface area contributed by atoms with Gasteiger partial charge in [0.15, 0.2) is 0 Å². The number of hydrogen-bond acceptors (Lipinski definition) is 3. The molecule has 0 saturated heterocycles. The van der Waals surface area contributed by atoms with Crippen molar-refractivity contribution >= 4 is 5.91 Å². The molecule has 0 aromatic heterocycles. The molecule has 1 aromatic rings. The van der Waals surface area contributed by atoms with E-state index in [-0.39, 0.29) is 11.9 Å². The van der Waals surface area contributed by atoms with Gasteiger partial charge in [0.05, 0.1) is 12.2 Å². The number of ether oxygens (including phenoxy) is 1. The van der Waals surface area contributed by atoms with Gasteiger partial charge in [0.2, 0.25) is 0 Å². The lowest BCUT2D eigenvalue weighted by atomic mass is 10.1. The Bertz CT molecular complexity index is 391. The van der Waals surface area contributed by atoms with Gasteiger partial charge in [-0.1, -0.05) is 12.1 Å². The fourth-order valence-electron chi connectivity index (χ4n) is 1.63. The number of para-hydroxylation sites is 1. The van der Waals surface area contributed by atoms with E-state index in [9.17, 15) is 4.79 Å². The smallest absolute Gasteiger partial charge is 0.257 e. The van der Waals surface area contributed by atoms with Crippen LogP contribution in [0.25, 0.3) is 0 Å². The van der Waals surface area contributed by atoms with Crippen molar-refractivity contribution in [2.45, 2.75) is 26.3 Å². The highest BCUT2D eigenvalue weighted by atomic mass is 16.5. The SMILES string of the molecule is CCOc1ccccc1C(=O)N(C)CCC(C)N. The number of carbonyl (C=O) groups is 1. The van der Waals surface area contributed by atoms with Gasteiger partial charge in [0, 0.05) is 19.6 Å². The number of amides is 1. The molecule has 1 amide bonds. The maximum absolute atomic E-state index is 12.3. The van der Waals surface area contributed by atoms with Crippen LogP contribution >= 0.6 is 0 Å². The fourth-order valence-corrected chi connectivity index (χ4v) is 1.63. The second-order valence-corrected chi connectivity index (χ2v) is 4.42. The summed E-state index contributed by atoms with van der Waals surface area (Å²) in [7, 11) is 1.79. The van der Waals surface area contributed by atoms with Crippen LogP contribution in [0.5, 0.6) is 5.75 Å². The summed E-state index contributed by atoms with van der Waals surface area (Å²) in [6.45, 7) is 5.04. The summed E-state index contributed by atoms with van der Waals surface area (Å²) >= 11 is 0. The first-order chi connectivity index (χ1) is 8.56. The molecule has 0 radical (unpaired) electrons. The summed E-state index contributed by atoms with van der Waals surface area (Å²) in [5.74, 6) is 0.609. The molecule has 0 aliphatic rings. The molecule has 1 aromatic carbocycles. The van der Waals surface area contributed by atoms with E-state index in [0.717, 1.165) is 6.42 Å². The maximum atomic E-state index is 12.3. The maximum Gasteiger partial charge on any atom is 0.257 e. The van der Waals surface area contributed by atoms with Gasteiger partial charge in [-0.2, -0.15) is 0 Å². The van der Waals surface area contributed by atoms with E-state index in [1.807, 2.05) is 32.0 Å². The van der Waals surface area contributed by atoms with Gasteiger partial charge >= 0.3 is 0 Å². The van der Waals surface area contributed by atoms with E-state index < -0.39 is 0 Å². The molecule has 0 aliphatic carbocycles. The van der Waals surface area contributed by atoms with E-state index in [1.165, 1.54) is 0 Å². The summed E-state index contributed by atoms with van der Waals surface area (Å²) in [5, 5.41) is 0. The lowest BCUT2D eigenvalue weighted by molar-refractivity contribution is 0.0787. The van der Waals surface area contributed by atoms with Crippen molar-refractivity contribution in [2.75, 3.05) is 20.2 Å². The van der Waals surface area contributed by atoms with Crippen LogP contribution in [-0.4, -0.2) is 37.0 Å². The standard InChI is InChI=1S/C14H22N2O2/c1-4-18-13-8-6-5-7-12(13)14(17)16(3)10-9-11(2)15/h5-8,11H,4,9-10,15H2,1-3H3. The van der Waals surface area contributed by atoms with Crippen molar-refractivity contribution < 1.29 is 9.53 Å². The van der Waals surface area contributed by atoms with Gasteiger partial charge in [0.25, 0.3) is 5.91 Å². The largest absolute Gasteiger partial charge is 0.493 e. The Morgan fingerprint density at radius 3 is 2.72 bits per heavy atom. The van der Waals surface area contributed by atoms with Crippen LogP contribution in [0.15, 0.2) is 24.3 Å². The summed E-state index contributed by atoms with van der Waals surface area (Å²) in [5.41, 5.74) is 6.30. The average molecular weight is 250 g/mol. The predicted molar refractivity (Wildman–Crippen MR) is 72.8 cm³/mol. The van der Waals surface area contributed by atoms with Crippen molar-refractivity contribution in [2.24, 2.45) is 5.73 Å². The van der Waals surface area contributed by atoms with Crippen LogP contribution in [0.4, 0.5) is 0 Å². The number of carbonyl (C=O) groups excluding carboxylic acids is 1. The fraction of sp³-hybridized carbons (Fsp3) is 0.500. The molecule has 1 atom stereocenters. The molecule has 18 heavy (non-hydrogen) atoms. The lowest BCUT2D eigenvalue weighted by Gasteiger charge is -2.19. The van der Waals surface area contributed by atoms with Crippen molar-refractivity contribution in [1.82, 2.24) is 4.90 Å². The first-order valence-electron chi connectivity index (χ1n) is 6.29. The van der Waals surface area contributed by atoms with Crippen LogP contribution in [0, 0.1) is 0 Å². The lowest BCUT2D eigenvalue weighted by Crippen LogP contribution is -2.31. The van der Waals surface area contributed by atoms with Gasteiger partial charge in [0.1, 0.15) is 5.75 Å². The molecule has 4 nitrogen and oxygen atoms in total. The zero-order valence-corrected chi connectivity index (χ0v) is 11.3. The molecule has 4 heteroatoms. The Labute approximate surface area is 109 Å². The Morgan fingerprint density at radius 1 is 1.44 bits per heavy atom. The molecule has 100 valence electrons. The predicted octanol–water partition coefficient (Wildman–Crippen LogP) is 1.89. The van der Waals surface area contributed by atoms with E-state index in [0.29, 0.717) is 24.5 Å². The number of rotatable bonds is 6. The first kappa shape index (κ1) is 14.5. The Kier molecular flexibility index (Phi) is 5.65. The van der Waals surface area contributed by atoms with Crippen LogP contribution in [-0.2, 0) is 0 Å². The number of nitrogens with zero attached hydrogens (tertiary/aromatic N) is 1. The zero-order chi connectivity index (χ0) is 13.5. The molecule has 1 rings (SSSR count). The van der Waals surface area contributed by atoms with Crippen molar-refractivity contribution in [3.8, 4) is 5.75 Å². The number of benzene rings is 1. The molecule has 0 spiro atoms. The summed E-state index contributed by atoms with van der Waals surface area (Å²) < 4.78 is 5.46. The first-order valence-corrected chi connectivity index (χ1v) is 6.29. The van der Waals surface area contributed by atoms with E-state index >= 15 is 0 Å². The molecular formula is C14H22N2O2. The number of hydrogen-bond donors (Lipinski definition) is 1. The molecule has 0 aliphatic heterocycles. The Hall–Kier alpha value is -1.55. The highest BCUT2D eigenvalue weighted by Crippen LogP contribution is 2.19. The van der Waals surface area contributed by atoms with E-state index in [1.54, 1.807) is 18.0 Å². The van der Waals surface area contributed by atoms with Crippen LogP contribution in [0.3, 0.4) is 0 Å². The third-order valence-electron chi connectivity index (χ3n) is 2.68. The minimum atomic E-state index is -0.0281. The van der Waals surface area contributed by atoms with Gasteiger partial charge in [-0.25, -0.2) is 0 Å². The zero-order valence-electron chi connectivity index (χ0n) is 11.3. The highest BCUT2D eigenvalue weighted by molar-refractivity contribution is 5.96. The van der Waals surface area contributed by atoms with Gasteiger partial charge in [-0.15, -0.1) is 0 Å². The monoisotopic (exact) mass is 250 g/mol. The Morgan fingerprint density at radius 2 is 2.11 bits per heavy atom. The summed E-state index contributed by atoms with van der Waals surface area (Å²) in [4.78, 5) is 13.9. The van der Waals surface area contributed by atoms with Crippen LogP contribution < -0.4 is 10.5 Å². The molecule has 2 N–H and O–H groups in total. The van der Waals surface area contributed by atoms with Crippen molar-refractivity contribution in [3.05, 3.63) is 29.8 Å². The third kappa shape index (κ3) is 4.04. The molecule has 0 heterocycles. The van der Waals surface area contributed by atoms with Gasteiger partial charge in [-0.3, -0.25) is 4.79 Å². The second kappa shape index (κ2) is 7.01. The third-order valence-corrected chi connectivity index (χ3v) is 2.68. The average Bonchev–Trinajstić information content (AvgIpc) is 2.36. The highest BCUT2D eigenvalue weighted by Gasteiger charge is 2.16. The number of nitrogens with two attached hydrogens (primary N) is 1. The normalized spacial score (nSPS) is 12.0. The minimum absolute atomic E-state index is 0.0281. The van der Waals surface area contributed by atoms with Gasteiger partial charge < -0.3 is 15.4 Å². The van der Waals surface area contributed by atoms with E-state index in [2.05, 4.69) is 0 Å². The quantitative estimate of drug-likeness (QED) is 0.839. The van der Waals surface area contributed by atoms with Crippen LogP contribution in [0.2, 0.25) is 0 Å². The molecular weight excluding hydrogens is 228 g/mol. The van der Waals surface area contributed by atoms with Crippen molar-refractivity contribution in [3.63, 3.8) is 0 Å². The van der Waals surface area contributed by atoms with Crippen molar-refractivity contribution in [1.29, 1.82) is 0 Å². The molecule has 0 saturated carbocycles. The summed E-state index contributed by atoms with van der Waals surface area (Å²) in [6, 6.07) is 7.41. The van der Waals surface area contributed by atoms with E-state index in [4.69, 9.17) is 10.5 Å². The summed E-state index contributed by atoms with van der Waals surface area (Å²) in [6.07, 6.45) is 0.791. The molecule has 0 fully saturated rings. The Balaban J connectivity index is 2.76. The minimum Gasteiger partial charge on any atom is -0.493 e. The topological polar surface area (TPSA) is 55.6 Å².